The standard InChI is InChI=1S/C12H11PS3/c14-13(15-11-7-3-1-4-8-11)16-12-9-5-2-6-10-12/h1-10,14H. The minimum absolute atomic E-state index is 0.405. The van der Waals surface area contributed by atoms with Crippen molar-refractivity contribution in [1.29, 1.82) is 0 Å². The Hall–Kier alpha value is -0.0800. The Morgan fingerprint density at radius 3 is 1.44 bits per heavy atom. The lowest BCUT2D eigenvalue weighted by atomic mass is 10.4. The summed E-state index contributed by atoms with van der Waals surface area (Å²) in [7, 11) is 0. The van der Waals surface area contributed by atoms with Crippen LogP contribution < -0.4 is 0 Å². The van der Waals surface area contributed by atoms with Crippen molar-refractivity contribution in [2.45, 2.75) is 9.79 Å². The number of rotatable bonds is 4. The van der Waals surface area contributed by atoms with Gasteiger partial charge in [0.1, 0.15) is 0 Å². The summed E-state index contributed by atoms with van der Waals surface area (Å²) in [6.07, 6.45) is 0. The van der Waals surface area contributed by atoms with Crippen LogP contribution in [0.5, 0.6) is 0 Å². The van der Waals surface area contributed by atoms with Crippen LogP contribution in [0.25, 0.3) is 0 Å². The monoisotopic (exact) mass is 282 g/mol. The van der Waals surface area contributed by atoms with E-state index in [2.05, 4.69) is 60.8 Å². The topological polar surface area (TPSA) is 0 Å². The molecule has 2 aromatic rings. The number of hydrogen-bond acceptors (Lipinski definition) is 3. The van der Waals surface area contributed by atoms with Crippen LogP contribution in [0.3, 0.4) is 0 Å². The zero-order valence-electron chi connectivity index (χ0n) is 8.48. The third-order valence-electron chi connectivity index (χ3n) is 1.85. The van der Waals surface area contributed by atoms with Crippen molar-refractivity contribution in [2.75, 3.05) is 0 Å². The third-order valence-corrected chi connectivity index (χ3v) is 8.15. The molecule has 0 bridgehead atoms. The highest BCUT2D eigenvalue weighted by Gasteiger charge is 2.06. The summed E-state index contributed by atoms with van der Waals surface area (Å²) in [6, 6.07) is 20.8. The van der Waals surface area contributed by atoms with E-state index in [1.165, 1.54) is 9.79 Å². The third kappa shape index (κ3) is 4.06. The molecular formula is C12H11PS3. The van der Waals surface area contributed by atoms with Crippen LogP contribution in [-0.2, 0) is 0 Å². The maximum absolute atomic E-state index is 4.64. The second-order valence-electron chi connectivity index (χ2n) is 3.05. The van der Waals surface area contributed by atoms with Crippen LogP contribution in [0.2, 0.25) is 0 Å². The van der Waals surface area contributed by atoms with Crippen molar-refractivity contribution >= 4 is 40.5 Å². The Labute approximate surface area is 111 Å². The van der Waals surface area contributed by atoms with Gasteiger partial charge in [0.2, 0.25) is 0 Å². The molecule has 0 radical (unpaired) electrons. The van der Waals surface area contributed by atoms with E-state index in [0.29, 0.717) is 0 Å². The molecule has 0 amide bonds. The Bertz CT molecular complexity index is 377. The Morgan fingerprint density at radius 2 is 1.06 bits per heavy atom. The predicted molar refractivity (Wildman–Crippen MR) is 80.5 cm³/mol. The zero-order valence-corrected chi connectivity index (χ0v) is 11.9. The minimum atomic E-state index is -0.405. The molecule has 4 heteroatoms. The second kappa shape index (κ2) is 6.61. The maximum Gasteiger partial charge on any atom is 0.0796 e. The number of hydrogen-bond donors (Lipinski definition) is 1. The van der Waals surface area contributed by atoms with Gasteiger partial charge in [0.15, 0.2) is 0 Å². The molecule has 0 heterocycles. The number of benzene rings is 2. The Balaban J connectivity index is 1.92. The van der Waals surface area contributed by atoms with Gasteiger partial charge in [-0.1, -0.05) is 59.2 Å². The first-order chi connectivity index (χ1) is 7.84. The molecule has 0 aliphatic carbocycles. The fourth-order valence-corrected chi connectivity index (χ4v) is 7.62. The lowest BCUT2D eigenvalue weighted by Gasteiger charge is -2.09. The van der Waals surface area contributed by atoms with Crippen LogP contribution in [0, 0.1) is 0 Å². The minimum Gasteiger partial charge on any atom is -0.129 e. The molecule has 16 heavy (non-hydrogen) atoms. The lowest BCUT2D eigenvalue weighted by Crippen LogP contribution is -1.66. The van der Waals surface area contributed by atoms with E-state index in [-0.39, 0.29) is 0 Å². The van der Waals surface area contributed by atoms with Crippen molar-refractivity contribution in [3.05, 3.63) is 60.7 Å². The predicted octanol–water partition coefficient (Wildman–Crippen LogP) is 5.73. The molecule has 0 saturated heterocycles. The van der Waals surface area contributed by atoms with Gasteiger partial charge in [-0.05, 0) is 24.3 Å². The van der Waals surface area contributed by atoms with Crippen molar-refractivity contribution in [3.63, 3.8) is 0 Å². The van der Waals surface area contributed by atoms with Crippen molar-refractivity contribution < 1.29 is 0 Å². The van der Waals surface area contributed by atoms with Crippen molar-refractivity contribution in [1.82, 2.24) is 0 Å². The quantitative estimate of drug-likeness (QED) is 0.562. The van der Waals surface area contributed by atoms with Gasteiger partial charge in [-0.3, -0.25) is 0 Å². The van der Waals surface area contributed by atoms with Gasteiger partial charge >= 0.3 is 0 Å². The highest BCUT2D eigenvalue weighted by molar-refractivity contribution is 9.09. The summed E-state index contributed by atoms with van der Waals surface area (Å²) >= 11 is 8.30. The molecule has 0 atom stereocenters. The lowest BCUT2D eigenvalue weighted by molar-refractivity contribution is 1.48. The molecule has 0 fully saturated rings. The Morgan fingerprint density at radius 1 is 0.688 bits per heavy atom. The molecule has 0 nitrogen and oxygen atoms in total. The average Bonchev–Trinajstić information content (AvgIpc) is 2.31. The SMILES string of the molecule is SP(Sc1ccccc1)Sc1ccccc1. The molecule has 82 valence electrons. The van der Waals surface area contributed by atoms with Gasteiger partial charge < -0.3 is 0 Å². The summed E-state index contributed by atoms with van der Waals surface area (Å²) in [5.74, 6) is 0. The summed E-state index contributed by atoms with van der Waals surface area (Å²) in [4.78, 5) is 2.57. The molecule has 0 aromatic heterocycles. The summed E-state index contributed by atoms with van der Waals surface area (Å²) in [5, 5.41) is 0. The summed E-state index contributed by atoms with van der Waals surface area (Å²) in [5.41, 5.74) is -0.405. The van der Waals surface area contributed by atoms with Crippen LogP contribution >= 0.6 is 40.5 Å². The highest BCUT2D eigenvalue weighted by atomic mass is 33.4. The van der Waals surface area contributed by atoms with E-state index in [4.69, 9.17) is 0 Å². The molecule has 0 unspecified atom stereocenters. The first kappa shape index (κ1) is 12.4. The highest BCUT2D eigenvalue weighted by Crippen LogP contribution is 2.69. The van der Waals surface area contributed by atoms with Crippen LogP contribution in [-0.4, -0.2) is 0 Å². The fraction of sp³-hybridized carbons (Fsp3) is 0. The first-order valence-corrected chi connectivity index (χ1v) is 10.1. The van der Waals surface area contributed by atoms with Crippen molar-refractivity contribution in [2.24, 2.45) is 0 Å². The van der Waals surface area contributed by atoms with E-state index in [9.17, 15) is 0 Å². The van der Waals surface area contributed by atoms with Crippen LogP contribution in [0.15, 0.2) is 70.5 Å². The van der Waals surface area contributed by atoms with Crippen LogP contribution in [0.4, 0.5) is 0 Å². The number of thiol groups is 1. The maximum atomic E-state index is 4.64. The average molecular weight is 282 g/mol. The second-order valence-corrected chi connectivity index (χ2v) is 11.6. The van der Waals surface area contributed by atoms with E-state index >= 15 is 0 Å². The van der Waals surface area contributed by atoms with Gasteiger partial charge in [0, 0.05) is 9.79 Å². The molecule has 0 saturated carbocycles. The fourth-order valence-electron chi connectivity index (χ4n) is 1.16. The zero-order chi connectivity index (χ0) is 11.2. The van der Waals surface area contributed by atoms with Gasteiger partial charge in [0.25, 0.3) is 0 Å². The summed E-state index contributed by atoms with van der Waals surface area (Å²) < 4.78 is 0. The molecule has 0 aliphatic rings. The van der Waals surface area contributed by atoms with E-state index in [1.807, 2.05) is 34.9 Å². The van der Waals surface area contributed by atoms with E-state index in [1.54, 1.807) is 0 Å². The van der Waals surface area contributed by atoms with Gasteiger partial charge in [-0.25, -0.2) is 0 Å². The molecule has 0 N–H and O–H groups in total. The molecule has 2 rings (SSSR count). The van der Waals surface area contributed by atoms with Crippen molar-refractivity contribution in [3.8, 4) is 0 Å². The first-order valence-electron chi connectivity index (χ1n) is 4.79. The molecule has 0 spiro atoms. The van der Waals surface area contributed by atoms with Gasteiger partial charge in [-0.2, -0.15) is 0 Å². The normalized spacial score (nSPS) is 10.6. The van der Waals surface area contributed by atoms with E-state index < -0.39 is 5.53 Å². The smallest absolute Gasteiger partial charge is 0.0796 e. The summed E-state index contributed by atoms with van der Waals surface area (Å²) in [6.45, 7) is 0. The largest absolute Gasteiger partial charge is 0.129 e. The molecule has 0 aliphatic heterocycles. The Kier molecular flexibility index (Phi) is 5.11. The van der Waals surface area contributed by atoms with Gasteiger partial charge in [0.05, 0.1) is 5.53 Å². The molecule has 2 aromatic carbocycles. The molecular weight excluding hydrogens is 271 g/mol. The van der Waals surface area contributed by atoms with Crippen LogP contribution in [0.1, 0.15) is 0 Å². The van der Waals surface area contributed by atoms with E-state index in [0.717, 1.165) is 0 Å². The van der Waals surface area contributed by atoms with Gasteiger partial charge in [-0.15, -0.1) is 12.2 Å².